The molecule has 2 rings (SSSR count). The van der Waals surface area contributed by atoms with Crippen molar-refractivity contribution < 1.29 is 9.53 Å². The largest absolute Gasteiger partial charge is 0.397 e. The predicted molar refractivity (Wildman–Crippen MR) is 72.7 cm³/mol. The van der Waals surface area contributed by atoms with E-state index in [1.807, 2.05) is 0 Å². The lowest BCUT2D eigenvalue weighted by Crippen LogP contribution is -2.34. The summed E-state index contributed by atoms with van der Waals surface area (Å²) in [5, 5.41) is 3.29. The van der Waals surface area contributed by atoms with Crippen LogP contribution >= 0.6 is 11.6 Å². The molecule has 1 aromatic rings. The van der Waals surface area contributed by atoms with Crippen LogP contribution in [0.4, 0.5) is 11.4 Å². The maximum Gasteiger partial charge on any atom is 0.253 e. The Bertz CT molecular complexity index is 447. The van der Waals surface area contributed by atoms with Crippen LogP contribution in [0.25, 0.3) is 0 Å². The highest BCUT2D eigenvalue weighted by molar-refractivity contribution is 6.31. The average Bonchev–Trinajstić information content (AvgIpc) is 2.27. The topological polar surface area (TPSA) is 64.3 Å². The van der Waals surface area contributed by atoms with Gasteiger partial charge in [-0.15, -0.1) is 0 Å². The first-order chi connectivity index (χ1) is 8.56. The monoisotopic (exact) mass is 268 g/mol. The Balaban J connectivity index is 1.92. The van der Waals surface area contributed by atoms with Gasteiger partial charge < -0.3 is 15.8 Å². The first-order valence-electron chi connectivity index (χ1n) is 6.07. The molecule has 5 heteroatoms. The predicted octanol–water partition coefficient (Wildman–Crippen LogP) is 2.82. The molecule has 1 aromatic carbocycles. The van der Waals surface area contributed by atoms with Gasteiger partial charge in [0.05, 0.1) is 17.5 Å². The number of carbonyl (C=O) groups excluding carboxylic acids is 1. The summed E-state index contributed by atoms with van der Waals surface area (Å²) in [4.78, 5) is 11.9. The molecule has 1 unspecified atom stereocenters. The minimum atomic E-state index is -0.467. The molecule has 4 nitrogen and oxygen atoms in total. The van der Waals surface area contributed by atoms with Crippen molar-refractivity contribution in [2.45, 2.75) is 38.4 Å². The van der Waals surface area contributed by atoms with Gasteiger partial charge in [-0.2, -0.15) is 0 Å². The Morgan fingerprint density at radius 2 is 2.28 bits per heavy atom. The minimum absolute atomic E-state index is 0.184. The molecular formula is C13H17ClN2O2. The van der Waals surface area contributed by atoms with E-state index in [2.05, 4.69) is 5.32 Å². The molecule has 0 bridgehead atoms. The van der Waals surface area contributed by atoms with E-state index in [0.29, 0.717) is 16.4 Å². The third-order valence-corrected chi connectivity index (χ3v) is 3.32. The SMILES string of the molecule is CC(OC1CCC1)C(=O)Nc1ccc(Cl)cc1N. The van der Waals surface area contributed by atoms with Crippen LogP contribution in [0.15, 0.2) is 18.2 Å². The quantitative estimate of drug-likeness (QED) is 0.826. The van der Waals surface area contributed by atoms with Crippen molar-refractivity contribution in [2.75, 3.05) is 11.1 Å². The second-order valence-electron chi connectivity index (χ2n) is 4.55. The Morgan fingerprint density at radius 3 is 2.83 bits per heavy atom. The number of ether oxygens (including phenoxy) is 1. The third-order valence-electron chi connectivity index (χ3n) is 3.09. The molecule has 1 saturated carbocycles. The molecule has 1 fully saturated rings. The van der Waals surface area contributed by atoms with Crippen LogP contribution in [-0.2, 0) is 9.53 Å². The lowest BCUT2D eigenvalue weighted by molar-refractivity contribution is -0.133. The molecule has 3 N–H and O–H groups in total. The zero-order valence-corrected chi connectivity index (χ0v) is 11.0. The zero-order valence-electron chi connectivity index (χ0n) is 10.3. The van der Waals surface area contributed by atoms with Gasteiger partial charge in [0.1, 0.15) is 6.10 Å². The van der Waals surface area contributed by atoms with Gasteiger partial charge >= 0.3 is 0 Å². The van der Waals surface area contributed by atoms with Crippen molar-refractivity contribution in [1.29, 1.82) is 0 Å². The summed E-state index contributed by atoms with van der Waals surface area (Å²) in [5.74, 6) is -0.184. The molecule has 98 valence electrons. The third kappa shape index (κ3) is 3.15. The number of carbonyl (C=O) groups is 1. The van der Waals surface area contributed by atoms with Crippen molar-refractivity contribution in [3.8, 4) is 0 Å². The number of hydrogen-bond donors (Lipinski definition) is 2. The fourth-order valence-corrected chi connectivity index (χ4v) is 1.92. The van der Waals surface area contributed by atoms with Crippen molar-refractivity contribution in [2.24, 2.45) is 0 Å². The minimum Gasteiger partial charge on any atom is -0.397 e. The molecule has 1 amide bonds. The van der Waals surface area contributed by atoms with E-state index in [4.69, 9.17) is 22.1 Å². The number of halogens is 1. The number of amides is 1. The highest BCUT2D eigenvalue weighted by Gasteiger charge is 2.24. The highest BCUT2D eigenvalue weighted by atomic mass is 35.5. The number of benzene rings is 1. The number of hydrogen-bond acceptors (Lipinski definition) is 3. The average molecular weight is 269 g/mol. The molecule has 0 heterocycles. The molecule has 1 aliphatic carbocycles. The molecule has 1 atom stereocenters. The van der Waals surface area contributed by atoms with E-state index in [-0.39, 0.29) is 12.0 Å². The Kier molecular flexibility index (Phi) is 4.09. The summed E-state index contributed by atoms with van der Waals surface area (Å²) in [7, 11) is 0. The van der Waals surface area contributed by atoms with Gasteiger partial charge in [-0.3, -0.25) is 4.79 Å². The van der Waals surface area contributed by atoms with E-state index in [9.17, 15) is 4.79 Å². The van der Waals surface area contributed by atoms with Crippen LogP contribution in [0.1, 0.15) is 26.2 Å². The molecule has 0 spiro atoms. The molecule has 1 aliphatic rings. The van der Waals surface area contributed by atoms with E-state index < -0.39 is 6.10 Å². The summed E-state index contributed by atoms with van der Waals surface area (Å²) >= 11 is 5.79. The van der Waals surface area contributed by atoms with Crippen LogP contribution in [0.3, 0.4) is 0 Å². The van der Waals surface area contributed by atoms with Gasteiger partial charge in [0, 0.05) is 5.02 Å². The second-order valence-corrected chi connectivity index (χ2v) is 4.99. The van der Waals surface area contributed by atoms with Crippen LogP contribution in [0.2, 0.25) is 5.02 Å². The lowest BCUT2D eigenvalue weighted by atomic mass is 9.96. The van der Waals surface area contributed by atoms with Gasteiger partial charge in [-0.1, -0.05) is 11.6 Å². The van der Waals surface area contributed by atoms with Gasteiger partial charge in [0.25, 0.3) is 5.91 Å². The van der Waals surface area contributed by atoms with Gasteiger partial charge in [0.15, 0.2) is 0 Å². The summed E-state index contributed by atoms with van der Waals surface area (Å²) in [6, 6.07) is 4.98. The molecule has 0 saturated heterocycles. The second kappa shape index (κ2) is 5.59. The summed E-state index contributed by atoms with van der Waals surface area (Å²) in [5.41, 5.74) is 6.78. The normalized spacial score (nSPS) is 17.0. The van der Waals surface area contributed by atoms with Crippen molar-refractivity contribution in [3.05, 3.63) is 23.2 Å². The summed E-state index contributed by atoms with van der Waals surface area (Å²) in [6.07, 6.45) is 3.03. The molecule has 0 radical (unpaired) electrons. The van der Waals surface area contributed by atoms with Crippen molar-refractivity contribution in [3.63, 3.8) is 0 Å². The smallest absolute Gasteiger partial charge is 0.253 e. The van der Waals surface area contributed by atoms with Crippen molar-refractivity contribution >= 4 is 28.9 Å². The van der Waals surface area contributed by atoms with E-state index in [0.717, 1.165) is 12.8 Å². The highest BCUT2D eigenvalue weighted by Crippen LogP contribution is 2.25. The fraction of sp³-hybridized carbons (Fsp3) is 0.462. The fourth-order valence-electron chi connectivity index (χ4n) is 1.74. The van der Waals surface area contributed by atoms with E-state index in [1.54, 1.807) is 25.1 Å². The first kappa shape index (κ1) is 13.2. The molecule has 18 heavy (non-hydrogen) atoms. The van der Waals surface area contributed by atoms with Gasteiger partial charge in [-0.25, -0.2) is 0 Å². The van der Waals surface area contributed by atoms with Crippen LogP contribution in [0, 0.1) is 0 Å². The summed E-state index contributed by atoms with van der Waals surface area (Å²) in [6.45, 7) is 1.75. The van der Waals surface area contributed by atoms with Crippen molar-refractivity contribution in [1.82, 2.24) is 0 Å². The Morgan fingerprint density at radius 1 is 1.56 bits per heavy atom. The van der Waals surface area contributed by atoms with Crippen LogP contribution in [0.5, 0.6) is 0 Å². The van der Waals surface area contributed by atoms with Gasteiger partial charge in [0.2, 0.25) is 0 Å². The molecular weight excluding hydrogens is 252 g/mol. The number of nitrogen functional groups attached to an aromatic ring is 1. The molecule has 0 aromatic heterocycles. The maximum absolute atomic E-state index is 11.9. The Hall–Kier alpha value is -1.26. The zero-order chi connectivity index (χ0) is 13.1. The number of anilines is 2. The van der Waals surface area contributed by atoms with Crippen LogP contribution in [-0.4, -0.2) is 18.1 Å². The lowest BCUT2D eigenvalue weighted by Gasteiger charge is -2.28. The summed E-state index contributed by atoms with van der Waals surface area (Å²) < 4.78 is 5.60. The van der Waals surface area contributed by atoms with Gasteiger partial charge in [-0.05, 0) is 44.4 Å². The first-order valence-corrected chi connectivity index (χ1v) is 6.45. The van der Waals surface area contributed by atoms with E-state index >= 15 is 0 Å². The molecule has 0 aliphatic heterocycles. The number of nitrogens with two attached hydrogens (primary N) is 1. The van der Waals surface area contributed by atoms with Crippen LogP contribution < -0.4 is 11.1 Å². The number of rotatable bonds is 4. The Labute approximate surface area is 111 Å². The number of nitrogens with one attached hydrogen (secondary N) is 1. The maximum atomic E-state index is 11.9. The van der Waals surface area contributed by atoms with E-state index in [1.165, 1.54) is 6.42 Å². The standard InChI is InChI=1S/C13H17ClN2O2/c1-8(18-10-3-2-4-10)13(17)16-12-6-5-9(14)7-11(12)15/h5-8,10H,2-4,15H2,1H3,(H,16,17).